The summed E-state index contributed by atoms with van der Waals surface area (Å²) in [5, 5.41) is 5.35. The molecule has 2 amide bonds. The van der Waals surface area contributed by atoms with Crippen molar-refractivity contribution < 1.29 is 23.9 Å². The van der Waals surface area contributed by atoms with Crippen molar-refractivity contribution in [2.24, 2.45) is 0 Å². The number of amides is 2. The van der Waals surface area contributed by atoms with Gasteiger partial charge in [-0.2, -0.15) is 0 Å². The van der Waals surface area contributed by atoms with Gasteiger partial charge in [0.1, 0.15) is 5.75 Å². The number of benzene rings is 2. The van der Waals surface area contributed by atoms with E-state index in [1.54, 1.807) is 48.5 Å². The van der Waals surface area contributed by atoms with E-state index in [2.05, 4.69) is 20.6 Å². The minimum atomic E-state index is -0.749. The SMILES string of the molecule is COc1ccccc1NC(=O)c1ccc(NC(=O)COC(=O)c2cnccn2)cc1. The average molecular weight is 406 g/mol. The molecule has 9 heteroatoms. The van der Waals surface area contributed by atoms with Gasteiger partial charge in [0, 0.05) is 23.6 Å². The summed E-state index contributed by atoms with van der Waals surface area (Å²) in [4.78, 5) is 43.7. The van der Waals surface area contributed by atoms with Crippen molar-refractivity contribution in [3.8, 4) is 5.75 Å². The van der Waals surface area contributed by atoms with Crippen LogP contribution in [-0.4, -0.2) is 41.5 Å². The van der Waals surface area contributed by atoms with Crippen LogP contribution in [0.25, 0.3) is 0 Å². The number of methoxy groups -OCH3 is 1. The Bertz CT molecular complexity index is 1040. The molecule has 3 rings (SSSR count). The Morgan fingerprint density at radius 3 is 2.43 bits per heavy atom. The lowest BCUT2D eigenvalue weighted by atomic mass is 10.2. The maximum absolute atomic E-state index is 12.4. The van der Waals surface area contributed by atoms with E-state index < -0.39 is 18.5 Å². The molecular weight excluding hydrogens is 388 g/mol. The molecule has 2 aromatic carbocycles. The number of hydrogen-bond acceptors (Lipinski definition) is 7. The van der Waals surface area contributed by atoms with Gasteiger partial charge in [-0.15, -0.1) is 0 Å². The monoisotopic (exact) mass is 406 g/mol. The van der Waals surface area contributed by atoms with Crippen LogP contribution in [0.4, 0.5) is 11.4 Å². The van der Waals surface area contributed by atoms with Crippen LogP contribution in [0.3, 0.4) is 0 Å². The second-order valence-electron chi connectivity index (χ2n) is 5.95. The van der Waals surface area contributed by atoms with Crippen LogP contribution in [-0.2, 0) is 9.53 Å². The summed E-state index contributed by atoms with van der Waals surface area (Å²) in [6, 6.07) is 13.3. The lowest BCUT2D eigenvalue weighted by Crippen LogP contribution is -2.21. The van der Waals surface area contributed by atoms with Gasteiger partial charge in [0.2, 0.25) is 0 Å². The summed E-state index contributed by atoms with van der Waals surface area (Å²) in [5.41, 5.74) is 1.40. The summed E-state index contributed by atoms with van der Waals surface area (Å²) in [6.45, 7) is -0.481. The second kappa shape index (κ2) is 9.78. The van der Waals surface area contributed by atoms with Crippen molar-refractivity contribution in [1.29, 1.82) is 0 Å². The van der Waals surface area contributed by atoms with Gasteiger partial charge in [0.05, 0.1) is 19.0 Å². The van der Waals surface area contributed by atoms with Crippen molar-refractivity contribution in [3.05, 3.63) is 78.4 Å². The van der Waals surface area contributed by atoms with Gasteiger partial charge < -0.3 is 20.1 Å². The third kappa shape index (κ3) is 5.38. The molecule has 0 aliphatic rings. The van der Waals surface area contributed by atoms with E-state index in [9.17, 15) is 14.4 Å². The van der Waals surface area contributed by atoms with Crippen LogP contribution in [0.15, 0.2) is 67.1 Å². The molecule has 30 heavy (non-hydrogen) atoms. The predicted octanol–water partition coefficient (Wildman–Crippen LogP) is 2.53. The summed E-state index contributed by atoms with van der Waals surface area (Å²) in [7, 11) is 1.52. The zero-order valence-corrected chi connectivity index (χ0v) is 16.0. The molecule has 0 bridgehead atoms. The Balaban J connectivity index is 1.53. The molecule has 0 aliphatic heterocycles. The molecule has 0 fully saturated rings. The molecule has 2 N–H and O–H groups in total. The molecule has 0 spiro atoms. The highest BCUT2D eigenvalue weighted by molar-refractivity contribution is 6.05. The summed E-state index contributed by atoms with van der Waals surface area (Å²) in [6.07, 6.45) is 4.01. The number of hydrogen-bond donors (Lipinski definition) is 2. The standard InChI is InChI=1S/C21H18N4O5/c1-29-18-5-3-2-4-16(18)25-20(27)14-6-8-15(9-7-14)24-19(26)13-30-21(28)17-12-22-10-11-23-17/h2-12H,13H2,1H3,(H,24,26)(H,25,27). The number of para-hydroxylation sites is 2. The molecule has 1 heterocycles. The zero-order valence-electron chi connectivity index (χ0n) is 16.0. The molecule has 0 aliphatic carbocycles. The Morgan fingerprint density at radius 1 is 0.967 bits per heavy atom. The Labute approximate surface area is 172 Å². The van der Waals surface area contributed by atoms with Crippen molar-refractivity contribution in [2.45, 2.75) is 0 Å². The first kappa shape index (κ1) is 20.5. The Morgan fingerprint density at radius 2 is 1.73 bits per heavy atom. The molecule has 1 aromatic heterocycles. The number of aromatic nitrogens is 2. The normalized spacial score (nSPS) is 10.0. The number of carbonyl (C=O) groups excluding carboxylic acids is 3. The third-order valence-corrected chi connectivity index (χ3v) is 3.89. The van der Waals surface area contributed by atoms with Crippen LogP contribution in [0.2, 0.25) is 0 Å². The minimum Gasteiger partial charge on any atom is -0.495 e. The Kier molecular flexibility index (Phi) is 6.67. The molecule has 0 radical (unpaired) electrons. The van der Waals surface area contributed by atoms with Crippen LogP contribution >= 0.6 is 0 Å². The van der Waals surface area contributed by atoms with Gasteiger partial charge in [-0.1, -0.05) is 12.1 Å². The third-order valence-electron chi connectivity index (χ3n) is 3.89. The van der Waals surface area contributed by atoms with Crippen LogP contribution < -0.4 is 15.4 Å². The van der Waals surface area contributed by atoms with Crippen molar-refractivity contribution in [1.82, 2.24) is 9.97 Å². The van der Waals surface area contributed by atoms with Crippen molar-refractivity contribution in [2.75, 3.05) is 24.4 Å². The van der Waals surface area contributed by atoms with Crippen LogP contribution in [0, 0.1) is 0 Å². The maximum atomic E-state index is 12.4. The lowest BCUT2D eigenvalue weighted by molar-refractivity contribution is -0.119. The van der Waals surface area contributed by atoms with Crippen LogP contribution in [0.5, 0.6) is 5.75 Å². The van der Waals surface area contributed by atoms with Gasteiger partial charge in [-0.05, 0) is 36.4 Å². The van der Waals surface area contributed by atoms with E-state index in [0.29, 0.717) is 22.7 Å². The first-order chi connectivity index (χ1) is 14.6. The lowest BCUT2D eigenvalue weighted by Gasteiger charge is -2.10. The summed E-state index contributed by atoms with van der Waals surface area (Å²) >= 11 is 0. The highest BCUT2D eigenvalue weighted by atomic mass is 16.5. The fourth-order valence-electron chi connectivity index (χ4n) is 2.45. The predicted molar refractivity (Wildman–Crippen MR) is 108 cm³/mol. The number of ether oxygens (including phenoxy) is 2. The molecular formula is C21H18N4O5. The molecule has 0 atom stereocenters. The van der Waals surface area contributed by atoms with Gasteiger partial charge in [0.25, 0.3) is 11.8 Å². The number of esters is 1. The fraction of sp³-hybridized carbons (Fsp3) is 0.0952. The van der Waals surface area contributed by atoms with E-state index in [0.717, 1.165) is 0 Å². The van der Waals surface area contributed by atoms with Crippen molar-refractivity contribution in [3.63, 3.8) is 0 Å². The van der Waals surface area contributed by atoms with E-state index in [4.69, 9.17) is 9.47 Å². The fourth-order valence-corrected chi connectivity index (χ4v) is 2.45. The largest absolute Gasteiger partial charge is 0.495 e. The number of carbonyl (C=O) groups is 3. The number of nitrogens with one attached hydrogen (secondary N) is 2. The highest BCUT2D eigenvalue weighted by Crippen LogP contribution is 2.23. The van der Waals surface area contributed by atoms with Gasteiger partial charge in [-0.25, -0.2) is 9.78 Å². The zero-order chi connectivity index (χ0) is 21.3. The summed E-state index contributed by atoms with van der Waals surface area (Å²) < 4.78 is 10.1. The van der Waals surface area contributed by atoms with E-state index >= 15 is 0 Å². The smallest absolute Gasteiger partial charge is 0.359 e. The van der Waals surface area contributed by atoms with Gasteiger partial charge in [-0.3, -0.25) is 14.6 Å². The number of rotatable bonds is 7. The first-order valence-electron chi connectivity index (χ1n) is 8.84. The molecule has 0 saturated carbocycles. The first-order valence-corrected chi connectivity index (χ1v) is 8.84. The number of anilines is 2. The van der Waals surface area contributed by atoms with E-state index in [1.807, 2.05) is 0 Å². The van der Waals surface area contributed by atoms with E-state index in [1.165, 1.54) is 25.7 Å². The van der Waals surface area contributed by atoms with Crippen molar-refractivity contribution >= 4 is 29.2 Å². The molecule has 3 aromatic rings. The maximum Gasteiger partial charge on any atom is 0.359 e. The molecule has 152 valence electrons. The average Bonchev–Trinajstić information content (AvgIpc) is 2.79. The van der Waals surface area contributed by atoms with Gasteiger partial charge >= 0.3 is 5.97 Å². The summed E-state index contributed by atoms with van der Waals surface area (Å²) in [5.74, 6) is -1.05. The molecule has 9 nitrogen and oxygen atoms in total. The second-order valence-corrected chi connectivity index (χ2v) is 5.95. The Hall–Kier alpha value is -4.27. The van der Waals surface area contributed by atoms with Gasteiger partial charge in [0.15, 0.2) is 12.3 Å². The highest BCUT2D eigenvalue weighted by Gasteiger charge is 2.13. The number of nitrogens with zero attached hydrogens (tertiary/aromatic N) is 2. The topological polar surface area (TPSA) is 120 Å². The van der Waals surface area contributed by atoms with E-state index in [-0.39, 0.29) is 11.6 Å². The van der Waals surface area contributed by atoms with Crippen LogP contribution in [0.1, 0.15) is 20.8 Å². The quantitative estimate of drug-likeness (QED) is 0.579. The molecule has 0 unspecified atom stereocenters. The minimum absolute atomic E-state index is 0.00992. The molecule has 0 saturated heterocycles.